The lowest BCUT2D eigenvalue weighted by Crippen LogP contribution is -2.25. The SMILES string of the molecule is COc1cc(C=C2C(=O)N(c3ccc(Cl)cc3)N=C2C(F)(F)F)ccc1OC(=O)c1ccco1. The van der Waals surface area contributed by atoms with Gasteiger partial charge in [-0.2, -0.15) is 23.3 Å². The molecule has 0 unspecified atom stereocenters. The van der Waals surface area contributed by atoms with E-state index in [1.807, 2.05) is 0 Å². The van der Waals surface area contributed by atoms with E-state index in [9.17, 15) is 22.8 Å². The monoisotopic (exact) mass is 490 g/mol. The zero-order chi connectivity index (χ0) is 24.5. The van der Waals surface area contributed by atoms with Gasteiger partial charge in [0.1, 0.15) is 0 Å². The minimum absolute atomic E-state index is 0.0105. The fraction of sp³-hybridized carbons (Fsp3) is 0.0870. The van der Waals surface area contributed by atoms with Crippen molar-refractivity contribution < 1.29 is 36.7 Å². The number of carbonyl (C=O) groups excluding carboxylic acids is 2. The molecule has 7 nitrogen and oxygen atoms in total. The Labute approximate surface area is 195 Å². The van der Waals surface area contributed by atoms with Gasteiger partial charge in [-0.1, -0.05) is 17.7 Å². The first-order valence-corrected chi connectivity index (χ1v) is 9.97. The molecule has 0 aliphatic carbocycles. The highest BCUT2D eigenvalue weighted by Gasteiger charge is 2.46. The second-order valence-electron chi connectivity index (χ2n) is 6.87. The molecule has 0 saturated heterocycles. The Bertz CT molecular complexity index is 1300. The van der Waals surface area contributed by atoms with Crippen LogP contribution in [0.15, 0.2) is 76.0 Å². The molecule has 1 amide bonds. The molecular formula is C23H14ClF3N2O5. The molecule has 1 aliphatic rings. The van der Waals surface area contributed by atoms with E-state index in [1.54, 1.807) is 0 Å². The number of halogens is 4. The van der Waals surface area contributed by atoms with Crippen molar-refractivity contribution in [2.75, 3.05) is 12.1 Å². The van der Waals surface area contributed by atoms with Crippen molar-refractivity contribution in [3.63, 3.8) is 0 Å². The fourth-order valence-corrected chi connectivity index (χ4v) is 3.21. The van der Waals surface area contributed by atoms with Gasteiger partial charge >= 0.3 is 12.1 Å². The summed E-state index contributed by atoms with van der Waals surface area (Å²) in [4.78, 5) is 25.0. The Kier molecular flexibility index (Phi) is 6.16. The van der Waals surface area contributed by atoms with Crippen molar-refractivity contribution in [2.45, 2.75) is 6.18 Å². The summed E-state index contributed by atoms with van der Waals surface area (Å²) >= 11 is 5.81. The van der Waals surface area contributed by atoms with Gasteiger partial charge in [-0.25, -0.2) is 4.79 Å². The highest BCUT2D eigenvalue weighted by molar-refractivity contribution is 6.34. The number of hydrazone groups is 1. The Morgan fingerprint density at radius 2 is 1.85 bits per heavy atom. The van der Waals surface area contributed by atoms with Crippen molar-refractivity contribution in [1.29, 1.82) is 0 Å². The van der Waals surface area contributed by atoms with E-state index < -0.39 is 29.3 Å². The number of methoxy groups -OCH3 is 1. The van der Waals surface area contributed by atoms with Gasteiger partial charge in [-0.15, -0.1) is 0 Å². The van der Waals surface area contributed by atoms with Crippen LogP contribution in [0.3, 0.4) is 0 Å². The third-order valence-electron chi connectivity index (χ3n) is 4.64. The molecule has 0 bridgehead atoms. The number of hydrogen-bond acceptors (Lipinski definition) is 6. The standard InChI is InChI=1S/C23H14ClF3N2O5/c1-32-19-12-13(4-9-17(19)34-22(31)18-3-2-10-33-18)11-16-20(23(25,26)27)28-29(21(16)30)15-7-5-14(24)6-8-15/h2-12H,1H3. The number of nitrogens with zero attached hydrogens (tertiary/aromatic N) is 2. The molecule has 0 N–H and O–H groups in total. The van der Waals surface area contributed by atoms with Gasteiger partial charge in [-0.05, 0) is 60.2 Å². The number of rotatable bonds is 5. The van der Waals surface area contributed by atoms with Gasteiger partial charge in [-0.3, -0.25) is 4.79 Å². The lowest BCUT2D eigenvalue weighted by atomic mass is 10.1. The molecule has 2 aromatic carbocycles. The summed E-state index contributed by atoms with van der Waals surface area (Å²) in [7, 11) is 1.29. The van der Waals surface area contributed by atoms with Crippen LogP contribution in [0.2, 0.25) is 5.02 Å². The third kappa shape index (κ3) is 4.67. The topological polar surface area (TPSA) is 81.3 Å². The Balaban J connectivity index is 1.67. The zero-order valence-corrected chi connectivity index (χ0v) is 18.1. The fourth-order valence-electron chi connectivity index (χ4n) is 3.08. The van der Waals surface area contributed by atoms with Gasteiger partial charge in [0, 0.05) is 5.02 Å². The van der Waals surface area contributed by atoms with E-state index in [0.717, 1.165) is 6.08 Å². The van der Waals surface area contributed by atoms with Gasteiger partial charge in [0.2, 0.25) is 5.76 Å². The van der Waals surface area contributed by atoms with E-state index in [4.69, 9.17) is 25.5 Å². The number of benzene rings is 2. The van der Waals surface area contributed by atoms with E-state index in [2.05, 4.69) is 5.10 Å². The van der Waals surface area contributed by atoms with Crippen LogP contribution < -0.4 is 14.5 Å². The summed E-state index contributed by atoms with van der Waals surface area (Å²) in [6.07, 6.45) is -2.55. The molecule has 11 heteroatoms. The molecule has 4 rings (SSSR count). The molecule has 0 radical (unpaired) electrons. The summed E-state index contributed by atoms with van der Waals surface area (Å²) in [5, 5.41) is 4.51. The second kappa shape index (κ2) is 9.06. The summed E-state index contributed by atoms with van der Waals surface area (Å²) in [6, 6.07) is 12.6. The molecule has 0 atom stereocenters. The molecule has 1 aliphatic heterocycles. The Morgan fingerprint density at radius 1 is 1.12 bits per heavy atom. The molecule has 0 fully saturated rings. The lowest BCUT2D eigenvalue weighted by Gasteiger charge is -2.11. The van der Waals surface area contributed by atoms with E-state index >= 15 is 0 Å². The van der Waals surface area contributed by atoms with Gasteiger partial charge in [0.15, 0.2) is 17.2 Å². The number of hydrogen-bond donors (Lipinski definition) is 0. The predicted octanol–water partition coefficient (Wildman–Crippen LogP) is 5.51. The number of carbonyl (C=O) groups is 2. The van der Waals surface area contributed by atoms with Crippen molar-refractivity contribution >= 4 is 41.0 Å². The smallest absolute Gasteiger partial charge is 0.435 e. The first-order chi connectivity index (χ1) is 16.2. The highest BCUT2D eigenvalue weighted by atomic mass is 35.5. The first-order valence-electron chi connectivity index (χ1n) is 9.59. The maximum atomic E-state index is 13.7. The summed E-state index contributed by atoms with van der Waals surface area (Å²) < 4.78 is 56.4. The molecule has 3 aromatic rings. The third-order valence-corrected chi connectivity index (χ3v) is 4.89. The molecule has 1 aromatic heterocycles. The first kappa shape index (κ1) is 23.1. The molecular weight excluding hydrogens is 477 g/mol. The van der Waals surface area contributed by atoms with Gasteiger partial charge < -0.3 is 13.9 Å². The average molecular weight is 491 g/mol. The van der Waals surface area contributed by atoms with Crippen molar-refractivity contribution in [2.24, 2.45) is 5.10 Å². The summed E-state index contributed by atoms with van der Waals surface area (Å²) in [5.41, 5.74) is -1.70. The Morgan fingerprint density at radius 3 is 2.47 bits per heavy atom. The highest BCUT2D eigenvalue weighted by Crippen LogP contribution is 2.35. The minimum atomic E-state index is -4.88. The van der Waals surface area contributed by atoms with Gasteiger partial charge in [0.25, 0.3) is 5.91 Å². The van der Waals surface area contributed by atoms with E-state index in [1.165, 1.54) is 68.0 Å². The van der Waals surface area contributed by atoms with Crippen molar-refractivity contribution in [3.05, 3.63) is 82.8 Å². The van der Waals surface area contributed by atoms with Crippen molar-refractivity contribution in [3.8, 4) is 11.5 Å². The predicted molar refractivity (Wildman–Crippen MR) is 117 cm³/mol. The summed E-state index contributed by atoms with van der Waals surface area (Å²) in [6.45, 7) is 0. The van der Waals surface area contributed by atoms with E-state index in [-0.39, 0.29) is 28.5 Å². The average Bonchev–Trinajstić information content (AvgIpc) is 3.44. The number of amides is 1. The maximum Gasteiger partial charge on any atom is 0.435 e. The molecule has 2 heterocycles. The van der Waals surface area contributed by atoms with Crippen LogP contribution in [-0.2, 0) is 4.79 Å². The quantitative estimate of drug-likeness (QED) is 0.268. The normalized spacial score (nSPS) is 15.0. The largest absolute Gasteiger partial charge is 0.493 e. The summed E-state index contributed by atoms with van der Waals surface area (Å²) in [5.74, 6) is -1.73. The molecule has 34 heavy (non-hydrogen) atoms. The van der Waals surface area contributed by atoms with Crippen LogP contribution in [0, 0.1) is 0 Å². The number of furan rings is 1. The van der Waals surface area contributed by atoms with Crippen LogP contribution >= 0.6 is 11.6 Å². The van der Waals surface area contributed by atoms with Crippen LogP contribution in [0.5, 0.6) is 11.5 Å². The number of esters is 1. The number of alkyl halides is 3. The van der Waals surface area contributed by atoms with Crippen LogP contribution in [0.25, 0.3) is 6.08 Å². The van der Waals surface area contributed by atoms with E-state index in [0.29, 0.717) is 10.0 Å². The lowest BCUT2D eigenvalue weighted by molar-refractivity contribution is -0.114. The number of ether oxygens (including phenoxy) is 2. The second-order valence-corrected chi connectivity index (χ2v) is 7.31. The zero-order valence-electron chi connectivity index (χ0n) is 17.3. The molecule has 0 saturated carbocycles. The number of anilines is 1. The van der Waals surface area contributed by atoms with Crippen LogP contribution in [-0.4, -0.2) is 30.9 Å². The maximum absolute atomic E-state index is 13.7. The molecule has 0 spiro atoms. The Hall–Kier alpha value is -4.05. The molecule has 174 valence electrons. The van der Waals surface area contributed by atoms with Gasteiger partial charge in [0.05, 0.1) is 24.6 Å². The van der Waals surface area contributed by atoms with Crippen LogP contribution in [0.4, 0.5) is 18.9 Å². The van der Waals surface area contributed by atoms with Crippen LogP contribution in [0.1, 0.15) is 16.1 Å². The van der Waals surface area contributed by atoms with Crippen molar-refractivity contribution in [1.82, 2.24) is 0 Å². The minimum Gasteiger partial charge on any atom is -0.493 e.